The summed E-state index contributed by atoms with van der Waals surface area (Å²) in [5.41, 5.74) is 3.22. The van der Waals surface area contributed by atoms with E-state index in [1.165, 1.54) is 8.93 Å². The lowest BCUT2D eigenvalue weighted by atomic mass is 10.0. The van der Waals surface area contributed by atoms with Gasteiger partial charge in [-0.1, -0.05) is 47.9 Å². The van der Waals surface area contributed by atoms with E-state index in [1.807, 2.05) is 36.4 Å². The van der Waals surface area contributed by atoms with Gasteiger partial charge in [0.2, 0.25) is 0 Å². The largest absolute Gasteiger partial charge is 0.0843 e. The summed E-state index contributed by atoms with van der Waals surface area (Å²) in [5.74, 6) is 3.14. The molecule has 0 saturated carbocycles. The molecular weight excluding hydrogens is 363 g/mol. The van der Waals surface area contributed by atoms with Crippen molar-refractivity contribution in [2.75, 3.05) is 0 Å². The molecule has 0 fully saturated rings. The van der Waals surface area contributed by atoms with Crippen molar-refractivity contribution in [1.29, 1.82) is 0 Å². The molecule has 0 spiro atoms. The SMILES string of the molecule is Clc1ccc(C#CSI)c(-c2ccccc2)c1. The summed E-state index contributed by atoms with van der Waals surface area (Å²) in [5, 5.41) is 3.74. The highest BCUT2D eigenvalue weighted by molar-refractivity contribution is 14.2. The summed E-state index contributed by atoms with van der Waals surface area (Å²) in [6.45, 7) is 0. The highest BCUT2D eigenvalue weighted by Crippen LogP contribution is 2.26. The lowest BCUT2D eigenvalue weighted by Gasteiger charge is -2.05. The molecule has 2 aromatic carbocycles. The molecule has 84 valence electrons. The Morgan fingerprint density at radius 1 is 1.06 bits per heavy atom. The molecule has 0 unspecified atom stereocenters. The van der Waals surface area contributed by atoms with Crippen LogP contribution in [0.5, 0.6) is 0 Å². The van der Waals surface area contributed by atoms with Gasteiger partial charge in [-0.2, -0.15) is 0 Å². The maximum absolute atomic E-state index is 6.05. The van der Waals surface area contributed by atoms with Gasteiger partial charge in [-0.05, 0) is 43.5 Å². The van der Waals surface area contributed by atoms with Crippen LogP contribution in [0.3, 0.4) is 0 Å². The molecule has 0 atom stereocenters. The van der Waals surface area contributed by atoms with Gasteiger partial charge in [0.05, 0.1) is 0 Å². The second-order valence-electron chi connectivity index (χ2n) is 3.36. The van der Waals surface area contributed by atoms with Crippen LogP contribution in [0, 0.1) is 11.2 Å². The van der Waals surface area contributed by atoms with E-state index in [9.17, 15) is 0 Å². The van der Waals surface area contributed by atoms with Crippen LogP contribution in [0.15, 0.2) is 48.5 Å². The second kappa shape index (κ2) is 6.34. The fourth-order valence-electron chi connectivity index (χ4n) is 1.56. The van der Waals surface area contributed by atoms with E-state index in [4.69, 9.17) is 11.6 Å². The first-order chi connectivity index (χ1) is 8.31. The molecule has 3 heteroatoms. The molecule has 0 nitrogen and oxygen atoms in total. The minimum absolute atomic E-state index is 0.733. The molecule has 0 aliphatic carbocycles. The first kappa shape index (κ1) is 12.8. The van der Waals surface area contributed by atoms with Gasteiger partial charge in [-0.25, -0.2) is 0 Å². The van der Waals surface area contributed by atoms with Crippen molar-refractivity contribution in [3.05, 3.63) is 59.1 Å². The number of hydrogen-bond donors (Lipinski definition) is 0. The van der Waals surface area contributed by atoms with Gasteiger partial charge in [0.25, 0.3) is 0 Å². The molecular formula is C14H8ClIS. The zero-order valence-corrected chi connectivity index (χ0v) is 12.5. The Morgan fingerprint density at radius 2 is 1.82 bits per heavy atom. The topological polar surface area (TPSA) is 0 Å². The van der Waals surface area contributed by atoms with Gasteiger partial charge in [0.1, 0.15) is 0 Å². The zero-order chi connectivity index (χ0) is 12.1. The summed E-state index contributed by atoms with van der Waals surface area (Å²) in [6.07, 6.45) is 0. The molecule has 0 heterocycles. The van der Waals surface area contributed by atoms with E-state index < -0.39 is 0 Å². The van der Waals surface area contributed by atoms with Crippen LogP contribution < -0.4 is 0 Å². The van der Waals surface area contributed by atoms with Crippen LogP contribution in [0.1, 0.15) is 5.56 Å². The van der Waals surface area contributed by atoms with E-state index in [2.05, 4.69) is 44.5 Å². The van der Waals surface area contributed by atoms with E-state index in [-0.39, 0.29) is 0 Å². The number of rotatable bonds is 1. The third-order valence-corrected chi connectivity index (χ3v) is 3.37. The van der Waals surface area contributed by atoms with Crippen molar-refractivity contribution < 1.29 is 0 Å². The summed E-state index contributed by atoms with van der Waals surface area (Å²) in [6, 6.07) is 15.9. The first-order valence-electron chi connectivity index (χ1n) is 4.95. The lowest BCUT2D eigenvalue weighted by Crippen LogP contribution is -1.84. The Kier molecular flexibility index (Phi) is 4.78. The van der Waals surface area contributed by atoms with Crippen LogP contribution in [0.25, 0.3) is 11.1 Å². The molecule has 0 N–H and O–H groups in total. The van der Waals surface area contributed by atoms with Gasteiger partial charge in [-0.15, -0.1) is 0 Å². The quantitative estimate of drug-likeness (QED) is 0.478. The van der Waals surface area contributed by atoms with Crippen molar-refractivity contribution in [3.8, 4) is 22.3 Å². The Labute approximate surface area is 122 Å². The molecule has 2 aromatic rings. The molecule has 0 amide bonds. The molecule has 17 heavy (non-hydrogen) atoms. The number of halogens is 2. The van der Waals surface area contributed by atoms with Gasteiger partial charge in [0, 0.05) is 31.8 Å². The van der Waals surface area contributed by atoms with Crippen molar-refractivity contribution >= 4 is 41.7 Å². The maximum Gasteiger partial charge on any atom is 0.0413 e. The third kappa shape index (κ3) is 3.41. The molecule has 0 radical (unpaired) electrons. The van der Waals surface area contributed by atoms with Crippen LogP contribution in [0.2, 0.25) is 5.02 Å². The molecule has 0 saturated heterocycles. The molecule has 0 aliphatic rings. The Bertz CT molecular complexity index is 570. The Balaban J connectivity index is 2.55. The summed E-state index contributed by atoms with van der Waals surface area (Å²) in [7, 11) is 1.48. The minimum atomic E-state index is 0.733. The summed E-state index contributed by atoms with van der Waals surface area (Å²) >= 11 is 8.21. The van der Waals surface area contributed by atoms with Crippen LogP contribution in [-0.2, 0) is 0 Å². The normalized spacial score (nSPS) is 9.53. The monoisotopic (exact) mass is 370 g/mol. The number of hydrogen-bond acceptors (Lipinski definition) is 1. The molecule has 2 rings (SSSR count). The van der Waals surface area contributed by atoms with Gasteiger partial charge in [-0.3, -0.25) is 0 Å². The van der Waals surface area contributed by atoms with E-state index in [0.29, 0.717) is 0 Å². The fraction of sp³-hybridized carbons (Fsp3) is 0. The predicted octanol–water partition coefficient (Wildman–Crippen LogP) is 5.40. The number of benzene rings is 2. The average Bonchev–Trinajstić information content (AvgIpc) is 2.38. The first-order valence-corrected chi connectivity index (χ1v) is 8.68. The predicted molar refractivity (Wildman–Crippen MR) is 85.4 cm³/mol. The van der Waals surface area contributed by atoms with Crippen molar-refractivity contribution in [1.82, 2.24) is 0 Å². The maximum atomic E-state index is 6.05. The van der Waals surface area contributed by atoms with E-state index >= 15 is 0 Å². The fourth-order valence-corrected chi connectivity index (χ4v) is 2.21. The molecule has 0 aromatic heterocycles. The Hall–Kier alpha value is -0.630. The van der Waals surface area contributed by atoms with Crippen molar-refractivity contribution in [2.24, 2.45) is 0 Å². The summed E-state index contributed by atoms with van der Waals surface area (Å²) < 4.78 is 0. The van der Waals surface area contributed by atoms with Crippen LogP contribution >= 0.6 is 41.7 Å². The third-order valence-electron chi connectivity index (χ3n) is 2.29. The standard InChI is InChI=1S/C14H8ClIS/c15-13-7-6-12(8-9-17-16)14(10-13)11-4-2-1-3-5-11/h1-7,10H. The lowest BCUT2D eigenvalue weighted by molar-refractivity contribution is 1.58. The van der Waals surface area contributed by atoms with E-state index in [0.717, 1.165) is 21.7 Å². The van der Waals surface area contributed by atoms with Crippen molar-refractivity contribution in [3.63, 3.8) is 0 Å². The minimum Gasteiger partial charge on any atom is -0.0843 e. The zero-order valence-electron chi connectivity index (χ0n) is 8.78. The molecule has 0 aliphatic heterocycles. The summed E-state index contributed by atoms with van der Waals surface area (Å²) in [4.78, 5) is 0. The van der Waals surface area contributed by atoms with Crippen LogP contribution in [0.4, 0.5) is 0 Å². The van der Waals surface area contributed by atoms with Gasteiger partial charge < -0.3 is 0 Å². The van der Waals surface area contributed by atoms with Gasteiger partial charge >= 0.3 is 0 Å². The smallest absolute Gasteiger partial charge is 0.0413 e. The van der Waals surface area contributed by atoms with E-state index in [1.54, 1.807) is 0 Å². The molecule has 0 bridgehead atoms. The van der Waals surface area contributed by atoms with Crippen molar-refractivity contribution in [2.45, 2.75) is 0 Å². The average molecular weight is 371 g/mol. The highest BCUT2D eigenvalue weighted by atomic mass is 127. The van der Waals surface area contributed by atoms with Gasteiger partial charge in [0.15, 0.2) is 0 Å². The van der Waals surface area contributed by atoms with Crippen LogP contribution in [-0.4, -0.2) is 0 Å². The second-order valence-corrected chi connectivity index (χ2v) is 5.48. The highest BCUT2D eigenvalue weighted by Gasteiger charge is 2.03. The Morgan fingerprint density at radius 3 is 2.53 bits per heavy atom.